The number of hydrogen-bond acceptors (Lipinski definition) is 4. The highest BCUT2D eigenvalue weighted by Crippen LogP contribution is 2.23. The van der Waals surface area contributed by atoms with E-state index in [0.29, 0.717) is 10.9 Å². The summed E-state index contributed by atoms with van der Waals surface area (Å²) in [4.78, 5) is 24.5. The molecule has 0 saturated heterocycles. The van der Waals surface area contributed by atoms with Gasteiger partial charge >= 0.3 is 5.97 Å². The lowest BCUT2D eigenvalue weighted by atomic mass is 10.1. The third-order valence-electron chi connectivity index (χ3n) is 3.12. The number of carbonyl (C=O) groups excluding carboxylic acids is 2. The number of ether oxygens (including phenoxy) is 1. The van der Waals surface area contributed by atoms with E-state index < -0.39 is 5.97 Å². The highest BCUT2D eigenvalue weighted by Gasteiger charge is 2.16. The van der Waals surface area contributed by atoms with Crippen LogP contribution in [0.15, 0.2) is 23.1 Å². The number of hydrogen-bond donors (Lipinski definition) is 1. The summed E-state index contributed by atoms with van der Waals surface area (Å²) in [6, 6.07) is 5.15. The number of benzene rings is 1. The highest BCUT2D eigenvalue weighted by atomic mass is 35.5. The van der Waals surface area contributed by atoms with E-state index in [4.69, 9.17) is 16.3 Å². The molecule has 116 valence electrons. The van der Waals surface area contributed by atoms with Gasteiger partial charge in [0.15, 0.2) is 6.61 Å². The smallest absolute Gasteiger partial charge is 0.340 e. The molecule has 0 unspecified atom stereocenters. The molecule has 0 heterocycles. The Kier molecular flexibility index (Phi) is 7.05. The normalized spacial score (nSPS) is 12.1. The summed E-state index contributed by atoms with van der Waals surface area (Å²) in [5.41, 5.74) is 0.272. The summed E-state index contributed by atoms with van der Waals surface area (Å²) in [6.07, 6.45) is 1.90. The summed E-state index contributed by atoms with van der Waals surface area (Å²) < 4.78 is 5.01. The lowest BCUT2D eigenvalue weighted by Gasteiger charge is -2.17. The number of thioether (sulfide) groups is 1. The molecule has 1 amide bonds. The lowest BCUT2D eigenvalue weighted by Crippen LogP contribution is -2.38. The van der Waals surface area contributed by atoms with E-state index in [1.54, 1.807) is 12.1 Å². The van der Waals surface area contributed by atoms with Crippen molar-refractivity contribution in [3.8, 4) is 0 Å². The lowest BCUT2D eigenvalue weighted by molar-refractivity contribution is -0.125. The van der Waals surface area contributed by atoms with Crippen LogP contribution < -0.4 is 5.32 Å². The predicted octanol–water partition coefficient (Wildman–Crippen LogP) is 3.38. The van der Waals surface area contributed by atoms with Crippen LogP contribution in [-0.2, 0) is 9.53 Å². The van der Waals surface area contributed by atoms with Crippen LogP contribution >= 0.6 is 23.4 Å². The quantitative estimate of drug-likeness (QED) is 0.642. The highest BCUT2D eigenvalue weighted by molar-refractivity contribution is 7.98. The first-order valence-corrected chi connectivity index (χ1v) is 8.25. The second-order valence-corrected chi connectivity index (χ2v) is 6.31. The van der Waals surface area contributed by atoms with Gasteiger partial charge in [-0.2, -0.15) is 0 Å². The maximum atomic E-state index is 12.0. The molecule has 0 bridgehead atoms. The van der Waals surface area contributed by atoms with Gasteiger partial charge in [0.25, 0.3) is 5.91 Å². The van der Waals surface area contributed by atoms with Gasteiger partial charge in [-0.3, -0.25) is 4.79 Å². The van der Waals surface area contributed by atoms with E-state index >= 15 is 0 Å². The van der Waals surface area contributed by atoms with Crippen LogP contribution in [0.3, 0.4) is 0 Å². The van der Waals surface area contributed by atoms with Gasteiger partial charge < -0.3 is 10.1 Å². The summed E-state index contributed by atoms with van der Waals surface area (Å²) in [5, 5.41) is 3.08. The SMILES string of the molecule is CSc1ccc(Cl)c(C(=O)OCC(=O)N[C@H](C)C(C)C)c1. The van der Waals surface area contributed by atoms with E-state index in [-0.39, 0.29) is 24.1 Å². The molecule has 6 heteroatoms. The monoisotopic (exact) mass is 329 g/mol. The molecule has 1 N–H and O–H groups in total. The van der Waals surface area contributed by atoms with Crippen molar-refractivity contribution < 1.29 is 14.3 Å². The molecule has 1 atom stereocenters. The molecular formula is C15H20ClNO3S. The average Bonchev–Trinajstić information content (AvgIpc) is 2.45. The number of amides is 1. The molecule has 0 aliphatic heterocycles. The standard InChI is InChI=1S/C15H20ClNO3S/c1-9(2)10(3)17-14(18)8-20-15(19)12-7-11(21-4)5-6-13(12)16/h5-7,9-10H,8H2,1-4H3,(H,17,18)/t10-/m1/s1. The minimum absolute atomic E-state index is 0.0274. The van der Waals surface area contributed by atoms with Crippen molar-refractivity contribution in [2.45, 2.75) is 31.7 Å². The molecule has 1 aromatic rings. The van der Waals surface area contributed by atoms with Crippen LogP contribution in [0.2, 0.25) is 5.02 Å². The van der Waals surface area contributed by atoms with Crippen LogP contribution in [0, 0.1) is 5.92 Å². The number of esters is 1. The first-order chi connectivity index (χ1) is 9.85. The molecule has 4 nitrogen and oxygen atoms in total. The molecule has 0 saturated carbocycles. The van der Waals surface area contributed by atoms with E-state index in [1.807, 2.05) is 33.1 Å². The molecule has 1 rings (SSSR count). The summed E-state index contributed by atoms with van der Waals surface area (Å²) in [6.45, 7) is 5.61. The van der Waals surface area contributed by atoms with Gasteiger partial charge in [0, 0.05) is 10.9 Å². The molecular weight excluding hydrogens is 310 g/mol. The van der Waals surface area contributed by atoms with Crippen LogP contribution in [0.1, 0.15) is 31.1 Å². The van der Waals surface area contributed by atoms with Crippen molar-refractivity contribution in [1.29, 1.82) is 0 Å². The number of carbonyl (C=O) groups is 2. The second kappa shape index (κ2) is 8.29. The predicted molar refractivity (Wildman–Crippen MR) is 86.0 cm³/mol. The summed E-state index contributed by atoms with van der Waals surface area (Å²) >= 11 is 7.48. The first kappa shape index (κ1) is 17.9. The fraction of sp³-hybridized carbons (Fsp3) is 0.467. The molecule has 21 heavy (non-hydrogen) atoms. The zero-order chi connectivity index (χ0) is 16.0. The third-order valence-corrected chi connectivity index (χ3v) is 4.17. The first-order valence-electron chi connectivity index (χ1n) is 6.65. The van der Waals surface area contributed by atoms with Crippen LogP contribution in [-0.4, -0.2) is 30.8 Å². The van der Waals surface area contributed by atoms with Crippen LogP contribution in [0.5, 0.6) is 0 Å². The van der Waals surface area contributed by atoms with Crippen molar-refractivity contribution in [3.63, 3.8) is 0 Å². The molecule has 0 aliphatic carbocycles. The largest absolute Gasteiger partial charge is 0.452 e. The Labute approximate surface area is 134 Å². The van der Waals surface area contributed by atoms with Gasteiger partial charge in [0.05, 0.1) is 10.6 Å². The molecule has 0 fully saturated rings. The van der Waals surface area contributed by atoms with E-state index in [0.717, 1.165) is 4.90 Å². The summed E-state index contributed by atoms with van der Waals surface area (Å²) in [5.74, 6) is -0.595. The van der Waals surface area contributed by atoms with Crippen molar-refractivity contribution in [1.82, 2.24) is 5.32 Å². The van der Waals surface area contributed by atoms with Gasteiger partial charge in [-0.25, -0.2) is 4.79 Å². The number of halogens is 1. The zero-order valence-corrected chi connectivity index (χ0v) is 14.2. The van der Waals surface area contributed by atoms with E-state index in [2.05, 4.69) is 5.32 Å². The molecule has 0 spiro atoms. The van der Waals surface area contributed by atoms with Gasteiger partial charge in [-0.15, -0.1) is 11.8 Å². The molecule has 0 aromatic heterocycles. The minimum Gasteiger partial charge on any atom is -0.452 e. The van der Waals surface area contributed by atoms with Crippen molar-refractivity contribution in [2.24, 2.45) is 5.92 Å². The van der Waals surface area contributed by atoms with Gasteiger partial charge in [0.2, 0.25) is 0 Å². The Morgan fingerprint density at radius 1 is 1.33 bits per heavy atom. The number of nitrogens with one attached hydrogen (secondary N) is 1. The molecule has 0 aliphatic rings. The third kappa shape index (κ3) is 5.59. The topological polar surface area (TPSA) is 55.4 Å². The second-order valence-electron chi connectivity index (χ2n) is 5.02. The van der Waals surface area contributed by atoms with E-state index in [1.165, 1.54) is 11.8 Å². The van der Waals surface area contributed by atoms with Crippen LogP contribution in [0.4, 0.5) is 0 Å². The Hall–Kier alpha value is -1.20. The van der Waals surface area contributed by atoms with Gasteiger partial charge in [0.1, 0.15) is 0 Å². The fourth-order valence-corrected chi connectivity index (χ4v) is 2.09. The zero-order valence-electron chi connectivity index (χ0n) is 12.6. The maximum absolute atomic E-state index is 12.0. The summed E-state index contributed by atoms with van der Waals surface area (Å²) in [7, 11) is 0. The minimum atomic E-state index is -0.594. The van der Waals surface area contributed by atoms with Gasteiger partial charge in [-0.1, -0.05) is 25.4 Å². The Morgan fingerprint density at radius 3 is 2.57 bits per heavy atom. The Morgan fingerprint density at radius 2 is 2.00 bits per heavy atom. The van der Waals surface area contributed by atoms with Crippen LogP contribution in [0.25, 0.3) is 0 Å². The maximum Gasteiger partial charge on any atom is 0.340 e. The fourth-order valence-electron chi connectivity index (χ4n) is 1.46. The Bertz CT molecular complexity index is 520. The van der Waals surface area contributed by atoms with Crippen molar-refractivity contribution >= 4 is 35.2 Å². The van der Waals surface area contributed by atoms with E-state index in [9.17, 15) is 9.59 Å². The van der Waals surface area contributed by atoms with Crippen molar-refractivity contribution in [3.05, 3.63) is 28.8 Å². The number of rotatable bonds is 6. The Balaban J connectivity index is 2.60. The van der Waals surface area contributed by atoms with Crippen molar-refractivity contribution in [2.75, 3.05) is 12.9 Å². The molecule has 0 radical (unpaired) electrons. The molecule has 1 aromatic carbocycles. The average molecular weight is 330 g/mol. The van der Waals surface area contributed by atoms with Gasteiger partial charge in [-0.05, 0) is 37.3 Å².